The molecule has 1 aromatic rings. The summed E-state index contributed by atoms with van der Waals surface area (Å²) in [5, 5.41) is 12.6. The summed E-state index contributed by atoms with van der Waals surface area (Å²) >= 11 is 0. The van der Waals surface area contributed by atoms with Crippen LogP contribution >= 0.6 is 0 Å². The lowest BCUT2D eigenvalue weighted by molar-refractivity contribution is -0.383. The molecule has 0 bridgehead atoms. The zero-order valence-corrected chi connectivity index (χ0v) is 11.9. The van der Waals surface area contributed by atoms with Crippen molar-refractivity contribution in [3.05, 3.63) is 33.9 Å². The molecule has 1 aromatic carbocycles. The minimum Gasteiger partial charge on any atom is -0.393 e. The van der Waals surface area contributed by atoms with Crippen LogP contribution in [0.25, 0.3) is 0 Å². The summed E-state index contributed by atoms with van der Waals surface area (Å²) in [6.07, 6.45) is 1.14. The highest BCUT2D eigenvalue weighted by molar-refractivity contribution is 7.92. The number of sulfone groups is 1. The third-order valence-corrected chi connectivity index (χ3v) is 5.72. The highest BCUT2D eigenvalue weighted by Gasteiger charge is 2.31. The van der Waals surface area contributed by atoms with Crippen LogP contribution in [0.15, 0.2) is 18.2 Å². The van der Waals surface area contributed by atoms with E-state index in [4.69, 9.17) is 5.73 Å². The zero-order valence-electron chi connectivity index (χ0n) is 11.1. The average Bonchev–Trinajstić information content (AvgIpc) is 2.74. The molecule has 2 rings (SSSR count). The van der Waals surface area contributed by atoms with Gasteiger partial charge < -0.3 is 11.1 Å². The molecule has 0 saturated carbocycles. The Morgan fingerprint density at radius 3 is 2.71 bits per heavy atom. The molecule has 1 atom stereocenters. The molecule has 3 N–H and O–H groups in total. The third-order valence-electron chi connectivity index (χ3n) is 3.44. The summed E-state index contributed by atoms with van der Waals surface area (Å²) in [5.74, 6) is -0.350. The summed E-state index contributed by atoms with van der Waals surface area (Å²) < 4.78 is 23.3. The number of nitrogens with one attached hydrogen (secondary N) is 1. The van der Waals surface area contributed by atoms with Crippen molar-refractivity contribution in [1.29, 1.82) is 0 Å². The van der Waals surface area contributed by atoms with Gasteiger partial charge in [0.15, 0.2) is 9.84 Å². The van der Waals surface area contributed by atoms with Crippen molar-refractivity contribution in [3.8, 4) is 0 Å². The maximum Gasteiger partial charge on any atom is 0.292 e. The number of anilines is 1. The van der Waals surface area contributed by atoms with Gasteiger partial charge in [-0.05, 0) is 25.0 Å². The molecule has 1 aliphatic heterocycles. The Bertz CT molecular complexity index is 686. The quantitative estimate of drug-likeness (QED) is 0.472. The van der Waals surface area contributed by atoms with Gasteiger partial charge in [0.05, 0.1) is 15.9 Å². The summed E-state index contributed by atoms with van der Waals surface area (Å²) in [6, 6.07) is 3.64. The van der Waals surface area contributed by atoms with E-state index in [0.29, 0.717) is 12.8 Å². The second-order valence-corrected chi connectivity index (χ2v) is 7.27. The number of hydrogen-bond donors (Lipinski definition) is 2. The molecule has 0 spiro atoms. The lowest BCUT2D eigenvalue weighted by atomic mass is 10.1. The van der Waals surface area contributed by atoms with Crippen LogP contribution in [0.3, 0.4) is 0 Å². The fourth-order valence-corrected chi connectivity index (χ4v) is 4.02. The number of carbonyl (C=O) groups is 1. The van der Waals surface area contributed by atoms with E-state index in [0.717, 1.165) is 6.07 Å². The monoisotopic (exact) mass is 313 g/mol. The number of nitrogen functional groups attached to an aromatic ring is 1. The molecule has 1 saturated heterocycles. The van der Waals surface area contributed by atoms with Gasteiger partial charge in [0.1, 0.15) is 5.69 Å². The van der Waals surface area contributed by atoms with E-state index in [2.05, 4.69) is 5.32 Å². The first kappa shape index (κ1) is 15.2. The van der Waals surface area contributed by atoms with Crippen molar-refractivity contribution in [2.45, 2.75) is 18.1 Å². The average molecular weight is 313 g/mol. The second-order valence-electron chi connectivity index (χ2n) is 4.87. The first-order valence-electron chi connectivity index (χ1n) is 6.35. The number of benzene rings is 1. The van der Waals surface area contributed by atoms with E-state index < -0.39 is 25.9 Å². The van der Waals surface area contributed by atoms with Gasteiger partial charge in [-0.15, -0.1) is 0 Å². The maximum atomic E-state index is 11.9. The van der Waals surface area contributed by atoms with Crippen LogP contribution in [0.4, 0.5) is 11.4 Å². The first-order valence-corrected chi connectivity index (χ1v) is 8.06. The fraction of sp³-hybridized carbons (Fsp3) is 0.417. The molecule has 21 heavy (non-hydrogen) atoms. The smallest absolute Gasteiger partial charge is 0.292 e. The molecule has 0 aliphatic carbocycles. The predicted octanol–water partition coefficient (Wildman–Crippen LogP) is 0.484. The van der Waals surface area contributed by atoms with Crippen LogP contribution in [0.5, 0.6) is 0 Å². The van der Waals surface area contributed by atoms with Gasteiger partial charge in [0.25, 0.3) is 11.6 Å². The molecular weight excluding hydrogens is 298 g/mol. The highest BCUT2D eigenvalue weighted by atomic mass is 32.2. The summed E-state index contributed by atoms with van der Waals surface area (Å²) in [7, 11) is -3.12. The molecular formula is C12H15N3O5S. The normalized spacial score (nSPS) is 20.1. The number of nitrogens with two attached hydrogens (primary N) is 1. The minimum absolute atomic E-state index is 0.0397. The number of rotatable bonds is 4. The molecule has 114 valence electrons. The van der Waals surface area contributed by atoms with Crippen molar-refractivity contribution in [1.82, 2.24) is 5.32 Å². The van der Waals surface area contributed by atoms with Gasteiger partial charge in [0, 0.05) is 18.2 Å². The minimum atomic E-state index is -3.12. The van der Waals surface area contributed by atoms with Crippen molar-refractivity contribution < 1.29 is 18.1 Å². The Balaban J connectivity index is 2.04. The van der Waals surface area contributed by atoms with Crippen LogP contribution in [0, 0.1) is 10.1 Å². The molecule has 9 heteroatoms. The highest BCUT2D eigenvalue weighted by Crippen LogP contribution is 2.22. The lowest BCUT2D eigenvalue weighted by Crippen LogP contribution is -2.34. The van der Waals surface area contributed by atoms with E-state index in [9.17, 15) is 23.3 Å². The van der Waals surface area contributed by atoms with E-state index in [-0.39, 0.29) is 29.2 Å². The van der Waals surface area contributed by atoms with Gasteiger partial charge in [0.2, 0.25) is 0 Å². The topological polar surface area (TPSA) is 132 Å². The van der Waals surface area contributed by atoms with Crippen molar-refractivity contribution in [3.63, 3.8) is 0 Å². The molecule has 1 fully saturated rings. The number of nitrogens with zero attached hydrogens (tertiary/aromatic N) is 1. The Morgan fingerprint density at radius 2 is 2.19 bits per heavy atom. The molecule has 1 amide bonds. The Kier molecular flexibility index (Phi) is 4.12. The summed E-state index contributed by atoms with van der Waals surface area (Å²) in [5.41, 5.74) is 5.28. The van der Waals surface area contributed by atoms with E-state index >= 15 is 0 Å². The molecule has 8 nitrogen and oxygen atoms in total. The third kappa shape index (κ3) is 3.30. The van der Waals surface area contributed by atoms with Crippen LogP contribution < -0.4 is 11.1 Å². The van der Waals surface area contributed by atoms with E-state index in [1.807, 2.05) is 0 Å². The van der Waals surface area contributed by atoms with Crippen molar-refractivity contribution >= 4 is 27.1 Å². The fourth-order valence-electron chi connectivity index (χ4n) is 2.26. The standard InChI is InChI=1S/C12H15N3O5S/c13-10-6-8(3-4-11(10)15(17)18)12(16)14-7-9-2-1-5-21(9,19)20/h3-4,6,9H,1-2,5,7,13H2,(H,14,16). The summed E-state index contributed by atoms with van der Waals surface area (Å²) in [6.45, 7) is 0.0397. The van der Waals surface area contributed by atoms with Gasteiger partial charge in [-0.25, -0.2) is 8.42 Å². The van der Waals surface area contributed by atoms with Crippen LogP contribution in [0.1, 0.15) is 23.2 Å². The Labute approximate surface area is 121 Å². The van der Waals surface area contributed by atoms with Gasteiger partial charge in [-0.3, -0.25) is 14.9 Å². The molecule has 1 aliphatic rings. The Morgan fingerprint density at radius 1 is 1.48 bits per heavy atom. The second kappa shape index (κ2) is 5.68. The van der Waals surface area contributed by atoms with Crippen molar-refractivity contribution in [2.24, 2.45) is 0 Å². The molecule has 0 aromatic heterocycles. The van der Waals surface area contributed by atoms with Crippen LogP contribution in [0.2, 0.25) is 0 Å². The first-order chi connectivity index (χ1) is 9.81. The number of nitro groups is 1. The number of nitro benzene ring substituents is 1. The number of amides is 1. The largest absolute Gasteiger partial charge is 0.393 e. The van der Waals surface area contributed by atoms with Crippen LogP contribution in [-0.4, -0.2) is 36.8 Å². The van der Waals surface area contributed by atoms with Crippen molar-refractivity contribution in [2.75, 3.05) is 18.0 Å². The van der Waals surface area contributed by atoms with E-state index in [1.165, 1.54) is 12.1 Å². The van der Waals surface area contributed by atoms with Gasteiger partial charge in [-0.1, -0.05) is 0 Å². The number of hydrogen-bond acceptors (Lipinski definition) is 6. The summed E-state index contributed by atoms with van der Waals surface area (Å²) in [4.78, 5) is 21.9. The predicted molar refractivity (Wildman–Crippen MR) is 76.7 cm³/mol. The maximum absolute atomic E-state index is 11.9. The van der Waals surface area contributed by atoms with Gasteiger partial charge in [-0.2, -0.15) is 0 Å². The molecule has 1 heterocycles. The lowest BCUT2D eigenvalue weighted by Gasteiger charge is -2.11. The Hall–Kier alpha value is -2.16. The zero-order chi connectivity index (χ0) is 15.6. The molecule has 0 radical (unpaired) electrons. The van der Waals surface area contributed by atoms with Crippen LogP contribution in [-0.2, 0) is 9.84 Å². The number of carbonyl (C=O) groups excluding carboxylic acids is 1. The van der Waals surface area contributed by atoms with E-state index in [1.54, 1.807) is 0 Å². The van der Waals surface area contributed by atoms with Gasteiger partial charge >= 0.3 is 0 Å². The SMILES string of the molecule is Nc1cc(C(=O)NCC2CCCS2(=O)=O)ccc1[N+](=O)[O-]. The molecule has 1 unspecified atom stereocenters.